The molecule has 4 atom stereocenters. The molecule has 0 aromatic carbocycles. The third-order valence-corrected chi connectivity index (χ3v) is 4.92. The third-order valence-electron chi connectivity index (χ3n) is 4.92. The summed E-state index contributed by atoms with van der Waals surface area (Å²) in [7, 11) is 0. The first kappa shape index (κ1) is 19.6. The van der Waals surface area contributed by atoms with Crippen LogP contribution in [0.15, 0.2) is 0 Å². The Balaban J connectivity index is 0.00000242. The molecule has 2 saturated carbocycles. The van der Waals surface area contributed by atoms with Crippen LogP contribution in [-0.4, -0.2) is 24.2 Å². The molecule has 0 radical (unpaired) electrons. The maximum atomic E-state index is 12.7. The molecule has 3 N–H and O–H groups in total. The molecule has 2 fully saturated rings. The van der Waals surface area contributed by atoms with Gasteiger partial charge >= 0.3 is 6.18 Å². The first-order valence-electron chi connectivity index (χ1n) is 7.98. The standard InChI is InChI=1S/C15H25F3N2O.ClH/c16-15(17,18)11-5-3-6-12(9-11)20-14(21)8-10-4-1-2-7-13(10)19;/h10-13H,1-9,19H2,(H,20,21);1H. The van der Waals surface area contributed by atoms with Gasteiger partial charge in [-0.3, -0.25) is 4.79 Å². The molecule has 3 nitrogen and oxygen atoms in total. The van der Waals surface area contributed by atoms with E-state index in [4.69, 9.17) is 5.73 Å². The number of amides is 1. The Hall–Kier alpha value is -0.490. The summed E-state index contributed by atoms with van der Waals surface area (Å²) in [5.74, 6) is -1.22. The van der Waals surface area contributed by atoms with Crippen molar-refractivity contribution >= 4 is 18.3 Å². The number of hydrogen-bond acceptors (Lipinski definition) is 2. The highest BCUT2D eigenvalue weighted by Gasteiger charge is 2.42. The lowest BCUT2D eigenvalue weighted by molar-refractivity contribution is -0.184. The summed E-state index contributed by atoms with van der Waals surface area (Å²) in [6.45, 7) is 0. The minimum Gasteiger partial charge on any atom is -0.353 e. The third kappa shape index (κ3) is 5.61. The van der Waals surface area contributed by atoms with Gasteiger partial charge in [-0.25, -0.2) is 0 Å². The lowest BCUT2D eigenvalue weighted by Crippen LogP contribution is -2.43. The molecule has 0 bridgehead atoms. The van der Waals surface area contributed by atoms with Gasteiger partial charge in [0.05, 0.1) is 5.92 Å². The first-order valence-corrected chi connectivity index (χ1v) is 7.98. The van der Waals surface area contributed by atoms with Crippen LogP contribution < -0.4 is 11.1 Å². The molecule has 0 spiro atoms. The summed E-state index contributed by atoms with van der Waals surface area (Å²) in [6.07, 6.45) is 1.67. The highest BCUT2D eigenvalue weighted by Crippen LogP contribution is 2.37. The Morgan fingerprint density at radius 2 is 1.77 bits per heavy atom. The van der Waals surface area contributed by atoms with Crippen molar-refractivity contribution in [3.05, 3.63) is 0 Å². The van der Waals surface area contributed by atoms with E-state index in [-0.39, 0.29) is 49.2 Å². The SMILES string of the molecule is Cl.NC1CCCCC1CC(=O)NC1CCCC(C(F)(F)F)C1. The van der Waals surface area contributed by atoms with Crippen molar-refractivity contribution in [2.75, 3.05) is 0 Å². The number of halogens is 4. The van der Waals surface area contributed by atoms with Crippen LogP contribution in [0.2, 0.25) is 0 Å². The smallest absolute Gasteiger partial charge is 0.353 e. The molecule has 0 aromatic heterocycles. The zero-order chi connectivity index (χ0) is 15.5. The molecule has 0 saturated heterocycles. The van der Waals surface area contributed by atoms with Crippen LogP contribution in [0.25, 0.3) is 0 Å². The van der Waals surface area contributed by atoms with Gasteiger partial charge in [-0.2, -0.15) is 13.2 Å². The lowest BCUT2D eigenvalue weighted by atomic mass is 9.82. The molecule has 2 rings (SSSR count). The summed E-state index contributed by atoms with van der Waals surface area (Å²) in [5.41, 5.74) is 6.01. The second-order valence-electron chi connectivity index (χ2n) is 6.58. The molecule has 2 aliphatic rings. The van der Waals surface area contributed by atoms with Gasteiger partial charge in [-0.05, 0) is 38.0 Å². The van der Waals surface area contributed by atoms with Gasteiger partial charge in [-0.15, -0.1) is 12.4 Å². The van der Waals surface area contributed by atoms with E-state index in [2.05, 4.69) is 5.32 Å². The highest BCUT2D eigenvalue weighted by molar-refractivity contribution is 5.85. The van der Waals surface area contributed by atoms with Crippen LogP contribution in [0.1, 0.15) is 57.8 Å². The summed E-state index contributed by atoms with van der Waals surface area (Å²) >= 11 is 0. The fraction of sp³-hybridized carbons (Fsp3) is 0.933. The molecule has 2 aliphatic carbocycles. The van der Waals surface area contributed by atoms with E-state index < -0.39 is 12.1 Å². The Bertz CT molecular complexity index is 365. The Morgan fingerprint density at radius 3 is 2.41 bits per heavy atom. The summed E-state index contributed by atoms with van der Waals surface area (Å²) < 4.78 is 38.2. The quantitative estimate of drug-likeness (QED) is 0.824. The molecule has 4 unspecified atom stereocenters. The van der Waals surface area contributed by atoms with Gasteiger partial charge in [0.25, 0.3) is 0 Å². The van der Waals surface area contributed by atoms with Crippen molar-refractivity contribution in [2.45, 2.75) is 76.0 Å². The van der Waals surface area contributed by atoms with Crippen molar-refractivity contribution in [1.82, 2.24) is 5.32 Å². The van der Waals surface area contributed by atoms with Crippen molar-refractivity contribution in [2.24, 2.45) is 17.6 Å². The second kappa shape index (κ2) is 8.39. The van der Waals surface area contributed by atoms with E-state index in [1.54, 1.807) is 0 Å². The van der Waals surface area contributed by atoms with Gasteiger partial charge in [-0.1, -0.05) is 19.3 Å². The molecule has 1 amide bonds. The average Bonchev–Trinajstić information content (AvgIpc) is 2.41. The van der Waals surface area contributed by atoms with Gasteiger partial charge in [0.1, 0.15) is 0 Å². The zero-order valence-electron chi connectivity index (χ0n) is 12.7. The average molecular weight is 343 g/mol. The summed E-state index contributed by atoms with van der Waals surface area (Å²) in [6, 6.07) is -0.281. The minimum atomic E-state index is -4.14. The van der Waals surface area contributed by atoms with Crippen LogP contribution in [0.3, 0.4) is 0 Å². The normalized spacial score (nSPS) is 32.9. The second-order valence-corrected chi connectivity index (χ2v) is 6.58. The molecule has 7 heteroatoms. The Morgan fingerprint density at radius 1 is 1.09 bits per heavy atom. The lowest BCUT2D eigenvalue weighted by Gasteiger charge is -2.32. The number of nitrogens with two attached hydrogens (primary N) is 1. The fourth-order valence-electron chi connectivity index (χ4n) is 3.63. The van der Waals surface area contributed by atoms with Gasteiger partial charge < -0.3 is 11.1 Å². The number of rotatable bonds is 3. The van der Waals surface area contributed by atoms with Gasteiger partial charge in [0.2, 0.25) is 5.91 Å². The molecule has 0 aromatic rings. The number of carbonyl (C=O) groups excluding carboxylic acids is 1. The van der Waals surface area contributed by atoms with E-state index in [0.717, 1.165) is 25.7 Å². The molecule has 0 aliphatic heterocycles. The van der Waals surface area contributed by atoms with E-state index in [9.17, 15) is 18.0 Å². The number of alkyl halides is 3. The van der Waals surface area contributed by atoms with Crippen LogP contribution >= 0.6 is 12.4 Å². The van der Waals surface area contributed by atoms with Crippen molar-refractivity contribution in [1.29, 1.82) is 0 Å². The van der Waals surface area contributed by atoms with Crippen LogP contribution in [0.4, 0.5) is 13.2 Å². The molecule has 22 heavy (non-hydrogen) atoms. The van der Waals surface area contributed by atoms with Crippen molar-refractivity contribution in [3.63, 3.8) is 0 Å². The van der Waals surface area contributed by atoms with Crippen LogP contribution in [0.5, 0.6) is 0 Å². The Kier molecular flexibility index (Phi) is 7.46. The summed E-state index contributed by atoms with van der Waals surface area (Å²) in [5, 5.41) is 2.79. The van der Waals surface area contributed by atoms with E-state index in [1.807, 2.05) is 0 Å². The van der Waals surface area contributed by atoms with E-state index in [1.165, 1.54) is 0 Å². The molecule has 0 heterocycles. The summed E-state index contributed by atoms with van der Waals surface area (Å²) in [4.78, 5) is 12.0. The predicted molar refractivity (Wildman–Crippen MR) is 81.7 cm³/mol. The van der Waals surface area contributed by atoms with Crippen molar-refractivity contribution < 1.29 is 18.0 Å². The number of nitrogens with one attached hydrogen (secondary N) is 1. The topological polar surface area (TPSA) is 55.1 Å². The van der Waals surface area contributed by atoms with E-state index in [0.29, 0.717) is 19.3 Å². The van der Waals surface area contributed by atoms with Crippen molar-refractivity contribution in [3.8, 4) is 0 Å². The van der Waals surface area contributed by atoms with Crippen LogP contribution in [-0.2, 0) is 4.79 Å². The monoisotopic (exact) mass is 342 g/mol. The van der Waals surface area contributed by atoms with Gasteiger partial charge in [0.15, 0.2) is 0 Å². The van der Waals surface area contributed by atoms with Gasteiger partial charge in [0, 0.05) is 18.5 Å². The van der Waals surface area contributed by atoms with E-state index >= 15 is 0 Å². The molecular formula is C15H26ClF3N2O. The maximum absolute atomic E-state index is 12.7. The largest absolute Gasteiger partial charge is 0.391 e. The minimum absolute atomic E-state index is 0. The van der Waals surface area contributed by atoms with Crippen LogP contribution in [0, 0.1) is 11.8 Å². The number of carbonyl (C=O) groups is 1. The zero-order valence-corrected chi connectivity index (χ0v) is 13.5. The number of hydrogen-bond donors (Lipinski definition) is 2. The molecular weight excluding hydrogens is 317 g/mol. The molecule has 130 valence electrons. The Labute approximate surface area is 136 Å². The highest BCUT2D eigenvalue weighted by atomic mass is 35.5. The maximum Gasteiger partial charge on any atom is 0.391 e. The predicted octanol–water partition coefficient (Wildman–Crippen LogP) is 3.55. The fourth-order valence-corrected chi connectivity index (χ4v) is 3.63. The first-order chi connectivity index (χ1) is 9.86.